The van der Waals surface area contributed by atoms with Crippen LogP contribution in [0.25, 0.3) is 5.76 Å². The first-order valence-corrected chi connectivity index (χ1v) is 10.1. The Balaban J connectivity index is 2.13. The van der Waals surface area contributed by atoms with Gasteiger partial charge in [0.1, 0.15) is 18.1 Å². The Kier molecular flexibility index (Phi) is 6.54. The molecule has 0 bridgehead atoms. The SMILES string of the molecule is C=CCOc1cccc(C2/C(=C(/O)c3ccc(Br)cc3)C(=O)C(=O)N2CCC)c1. The number of ether oxygens (including phenoxy) is 1. The van der Waals surface area contributed by atoms with Crippen molar-refractivity contribution in [1.82, 2.24) is 4.90 Å². The summed E-state index contributed by atoms with van der Waals surface area (Å²) in [7, 11) is 0. The third kappa shape index (κ3) is 4.27. The van der Waals surface area contributed by atoms with E-state index >= 15 is 0 Å². The van der Waals surface area contributed by atoms with E-state index < -0.39 is 17.7 Å². The van der Waals surface area contributed by atoms with Crippen LogP contribution >= 0.6 is 15.9 Å². The molecule has 2 aromatic carbocycles. The molecule has 29 heavy (non-hydrogen) atoms. The van der Waals surface area contributed by atoms with Crippen molar-refractivity contribution in [3.05, 3.63) is 82.4 Å². The Morgan fingerprint density at radius 2 is 1.97 bits per heavy atom. The topological polar surface area (TPSA) is 66.8 Å². The number of benzene rings is 2. The first-order chi connectivity index (χ1) is 14.0. The van der Waals surface area contributed by atoms with Crippen molar-refractivity contribution in [3.63, 3.8) is 0 Å². The average molecular weight is 456 g/mol. The van der Waals surface area contributed by atoms with Gasteiger partial charge in [0.2, 0.25) is 0 Å². The molecule has 1 saturated heterocycles. The number of hydrogen-bond acceptors (Lipinski definition) is 4. The number of amides is 1. The molecule has 1 unspecified atom stereocenters. The van der Waals surface area contributed by atoms with Crippen LogP contribution in [0.15, 0.2) is 71.2 Å². The molecule has 1 atom stereocenters. The van der Waals surface area contributed by atoms with Gasteiger partial charge < -0.3 is 14.7 Å². The van der Waals surface area contributed by atoms with Crippen LogP contribution in [0, 0.1) is 0 Å². The quantitative estimate of drug-likeness (QED) is 0.280. The average Bonchev–Trinajstić information content (AvgIpc) is 2.98. The van der Waals surface area contributed by atoms with Crippen LogP contribution in [-0.2, 0) is 9.59 Å². The van der Waals surface area contributed by atoms with Crippen LogP contribution in [0.5, 0.6) is 5.75 Å². The number of carbonyl (C=O) groups is 2. The molecule has 1 amide bonds. The summed E-state index contributed by atoms with van der Waals surface area (Å²) < 4.78 is 6.46. The lowest BCUT2D eigenvalue weighted by Gasteiger charge is -2.25. The Bertz CT molecular complexity index is 965. The van der Waals surface area contributed by atoms with Crippen molar-refractivity contribution in [2.45, 2.75) is 19.4 Å². The minimum absolute atomic E-state index is 0.0895. The van der Waals surface area contributed by atoms with Gasteiger partial charge in [-0.25, -0.2) is 0 Å². The summed E-state index contributed by atoms with van der Waals surface area (Å²) in [6.45, 7) is 6.33. The minimum atomic E-state index is -0.679. The Hall–Kier alpha value is -2.86. The fourth-order valence-electron chi connectivity index (χ4n) is 3.39. The number of aliphatic hydroxyl groups is 1. The lowest BCUT2D eigenvalue weighted by molar-refractivity contribution is -0.139. The fourth-order valence-corrected chi connectivity index (χ4v) is 3.66. The van der Waals surface area contributed by atoms with Gasteiger partial charge in [0.05, 0.1) is 11.6 Å². The summed E-state index contributed by atoms with van der Waals surface area (Å²) >= 11 is 3.36. The van der Waals surface area contributed by atoms with Gasteiger partial charge in [-0.3, -0.25) is 9.59 Å². The molecule has 6 heteroatoms. The van der Waals surface area contributed by atoms with Crippen LogP contribution in [0.4, 0.5) is 0 Å². The van der Waals surface area contributed by atoms with Gasteiger partial charge in [0, 0.05) is 16.6 Å². The van der Waals surface area contributed by atoms with E-state index in [1.165, 1.54) is 4.90 Å². The van der Waals surface area contributed by atoms with Crippen molar-refractivity contribution in [1.29, 1.82) is 0 Å². The van der Waals surface area contributed by atoms with E-state index in [9.17, 15) is 14.7 Å². The second kappa shape index (κ2) is 9.09. The highest BCUT2D eigenvalue weighted by Crippen LogP contribution is 2.40. The van der Waals surface area contributed by atoms with Crippen LogP contribution in [-0.4, -0.2) is 34.8 Å². The molecule has 3 rings (SSSR count). The molecule has 2 aromatic rings. The first kappa shape index (κ1) is 20.9. The molecule has 0 aromatic heterocycles. The summed E-state index contributed by atoms with van der Waals surface area (Å²) in [6, 6.07) is 13.5. The van der Waals surface area contributed by atoms with E-state index in [1.54, 1.807) is 48.5 Å². The monoisotopic (exact) mass is 455 g/mol. The predicted octanol–water partition coefficient (Wildman–Crippen LogP) is 4.85. The molecule has 1 aliphatic heterocycles. The molecule has 0 radical (unpaired) electrons. The molecule has 0 saturated carbocycles. The second-order valence-electron chi connectivity index (χ2n) is 6.67. The summed E-state index contributed by atoms with van der Waals surface area (Å²) in [5.74, 6) is -0.862. The minimum Gasteiger partial charge on any atom is -0.507 e. The summed E-state index contributed by atoms with van der Waals surface area (Å²) in [4.78, 5) is 27.1. The van der Waals surface area contributed by atoms with E-state index in [2.05, 4.69) is 22.5 Å². The third-order valence-corrected chi connectivity index (χ3v) is 5.19. The highest BCUT2D eigenvalue weighted by Gasteiger charge is 2.45. The van der Waals surface area contributed by atoms with Gasteiger partial charge >= 0.3 is 0 Å². The Morgan fingerprint density at radius 1 is 1.24 bits per heavy atom. The molecule has 1 aliphatic rings. The number of rotatable bonds is 7. The van der Waals surface area contributed by atoms with Crippen LogP contribution in [0.1, 0.15) is 30.5 Å². The Morgan fingerprint density at radius 3 is 2.62 bits per heavy atom. The predicted molar refractivity (Wildman–Crippen MR) is 116 cm³/mol. The maximum atomic E-state index is 12.9. The standard InChI is InChI=1S/C23H22BrNO4/c1-3-12-25-20(16-6-5-7-18(14-16)29-13-4-2)19(22(27)23(25)28)21(26)15-8-10-17(24)11-9-15/h4-11,14,20,26H,2-3,12-13H2,1H3/b21-19-. The van der Waals surface area contributed by atoms with E-state index in [0.717, 1.165) is 4.47 Å². The second-order valence-corrected chi connectivity index (χ2v) is 7.59. The van der Waals surface area contributed by atoms with Gasteiger partial charge in [-0.15, -0.1) is 0 Å². The number of nitrogens with zero attached hydrogens (tertiary/aromatic N) is 1. The zero-order chi connectivity index (χ0) is 21.0. The van der Waals surface area contributed by atoms with Gasteiger partial charge in [-0.2, -0.15) is 0 Å². The molecule has 150 valence electrons. The maximum Gasteiger partial charge on any atom is 0.295 e. The number of Topliss-reactive ketones (excluding diaryl/α,β-unsaturated/α-hetero) is 1. The fraction of sp³-hybridized carbons (Fsp3) is 0.217. The largest absolute Gasteiger partial charge is 0.507 e. The van der Waals surface area contributed by atoms with Crippen LogP contribution in [0.2, 0.25) is 0 Å². The lowest BCUT2D eigenvalue weighted by atomic mass is 9.95. The molecule has 1 N–H and O–H groups in total. The molecule has 0 spiro atoms. The van der Waals surface area contributed by atoms with Gasteiger partial charge in [-0.05, 0) is 36.2 Å². The number of ketones is 1. The van der Waals surface area contributed by atoms with Crippen molar-refractivity contribution < 1.29 is 19.4 Å². The van der Waals surface area contributed by atoms with E-state index in [1.807, 2.05) is 13.0 Å². The van der Waals surface area contributed by atoms with E-state index in [-0.39, 0.29) is 11.3 Å². The van der Waals surface area contributed by atoms with Crippen molar-refractivity contribution in [2.75, 3.05) is 13.2 Å². The van der Waals surface area contributed by atoms with Crippen molar-refractivity contribution in [3.8, 4) is 5.75 Å². The van der Waals surface area contributed by atoms with Gasteiger partial charge in [-0.1, -0.05) is 59.8 Å². The number of halogens is 1. The third-order valence-electron chi connectivity index (χ3n) is 4.66. The molecule has 5 nitrogen and oxygen atoms in total. The molecular formula is C23H22BrNO4. The number of aliphatic hydroxyl groups excluding tert-OH is 1. The van der Waals surface area contributed by atoms with Gasteiger partial charge in [0.15, 0.2) is 0 Å². The van der Waals surface area contributed by atoms with Crippen molar-refractivity contribution in [2.24, 2.45) is 0 Å². The molecule has 1 fully saturated rings. The van der Waals surface area contributed by atoms with E-state index in [0.29, 0.717) is 36.4 Å². The zero-order valence-electron chi connectivity index (χ0n) is 16.1. The van der Waals surface area contributed by atoms with Gasteiger partial charge in [0.25, 0.3) is 11.7 Å². The molecule has 0 aliphatic carbocycles. The van der Waals surface area contributed by atoms with E-state index in [4.69, 9.17) is 4.74 Å². The smallest absolute Gasteiger partial charge is 0.295 e. The number of carbonyl (C=O) groups excluding carboxylic acids is 2. The summed E-state index contributed by atoms with van der Waals surface area (Å²) in [6.07, 6.45) is 2.33. The molecule has 1 heterocycles. The van der Waals surface area contributed by atoms with Crippen molar-refractivity contribution >= 4 is 33.4 Å². The zero-order valence-corrected chi connectivity index (χ0v) is 17.7. The maximum absolute atomic E-state index is 12.9. The Labute approximate surface area is 178 Å². The lowest BCUT2D eigenvalue weighted by Crippen LogP contribution is -2.30. The number of likely N-dealkylation sites (tertiary alicyclic amines) is 1. The van der Waals surface area contributed by atoms with Crippen LogP contribution < -0.4 is 4.74 Å². The highest BCUT2D eigenvalue weighted by molar-refractivity contribution is 9.10. The highest BCUT2D eigenvalue weighted by atomic mass is 79.9. The summed E-state index contributed by atoms with van der Waals surface area (Å²) in [5.41, 5.74) is 1.27. The first-order valence-electron chi connectivity index (χ1n) is 9.36. The summed E-state index contributed by atoms with van der Waals surface area (Å²) in [5, 5.41) is 10.9. The normalized spacial score (nSPS) is 18.1. The number of hydrogen-bond donors (Lipinski definition) is 1. The molecular weight excluding hydrogens is 434 g/mol. The van der Waals surface area contributed by atoms with Crippen LogP contribution in [0.3, 0.4) is 0 Å².